The molecule has 1 fully saturated rings. The minimum absolute atomic E-state index is 0.107. The molecule has 0 saturated carbocycles. The minimum Gasteiger partial charge on any atom is -0.453 e. The highest BCUT2D eigenvalue weighted by atomic mass is 16.5. The van der Waals surface area contributed by atoms with Gasteiger partial charge in [-0.15, -0.1) is 0 Å². The molecule has 0 bridgehead atoms. The fourth-order valence-electron chi connectivity index (χ4n) is 7.46. The molecule has 3 aromatic carbocycles. The van der Waals surface area contributed by atoms with Gasteiger partial charge in [-0.1, -0.05) is 89.2 Å². The van der Waals surface area contributed by atoms with Crippen molar-refractivity contribution in [1.82, 2.24) is 40.4 Å². The Morgan fingerprint density at radius 2 is 1.38 bits per heavy atom. The Bertz CT molecular complexity index is 2210. The van der Waals surface area contributed by atoms with Crippen molar-refractivity contribution in [3.8, 4) is 33.5 Å². The topological polar surface area (TPSA) is 175 Å². The van der Waals surface area contributed by atoms with E-state index in [9.17, 15) is 19.2 Å². The molecule has 1 aliphatic rings. The van der Waals surface area contributed by atoms with E-state index >= 15 is 0 Å². The van der Waals surface area contributed by atoms with Crippen LogP contribution >= 0.6 is 0 Å². The van der Waals surface area contributed by atoms with Crippen LogP contribution in [0.1, 0.15) is 71.6 Å². The van der Waals surface area contributed by atoms with Gasteiger partial charge in [0.05, 0.1) is 49.7 Å². The number of benzene rings is 3. The maximum atomic E-state index is 13.6. The largest absolute Gasteiger partial charge is 0.453 e. The van der Waals surface area contributed by atoms with Crippen molar-refractivity contribution < 1.29 is 28.7 Å². The first-order valence-corrected chi connectivity index (χ1v) is 19.9. The minimum atomic E-state index is -0.708. The van der Waals surface area contributed by atoms with Crippen LogP contribution in [0.4, 0.5) is 9.59 Å². The monoisotopic (exact) mass is 790 g/mol. The lowest BCUT2D eigenvalue weighted by molar-refractivity contribution is -0.136. The highest BCUT2D eigenvalue weighted by molar-refractivity contribution is 5.87. The molecule has 58 heavy (non-hydrogen) atoms. The number of amides is 4. The lowest BCUT2D eigenvalue weighted by Crippen LogP contribution is -2.51. The number of hydrogen-bond acceptors (Lipinski definition) is 8. The van der Waals surface area contributed by atoms with Crippen LogP contribution in [0.5, 0.6) is 0 Å². The number of nitrogens with zero attached hydrogens (tertiary/aromatic N) is 4. The van der Waals surface area contributed by atoms with Crippen molar-refractivity contribution >= 4 is 35.0 Å². The number of aromatic nitrogens is 4. The van der Waals surface area contributed by atoms with E-state index in [2.05, 4.69) is 74.1 Å². The number of nitrogens with one attached hydrogen (secondary N) is 4. The van der Waals surface area contributed by atoms with Gasteiger partial charge in [-0.2, -0.15) is 0 Å². The second-order valence-electron chi connectivity index (χ2n) is 15.4. The Balaban J connectivity index is 1.12. The Labute approximate surface area is 339 Å². The van der Waals surface area contributed by atoms with Crippen LogP contribution in [0, 0.1) is 11.8 Å². The number of carbonyl (C=O) groups excluding carboxylic acids is 4. The fraction of sp³-hybridized carbons (Fsp3) is 0.409. The van der Waals surface area contributed by atoms with Crippen LogP contribution in [0.25, 0.3) is 44.5 Å². The average molecular weight is 791 g/mol. The molecule has 0 unspecified atom stereocenters. The van der Waals surface area contributed by atoms with E-state index in [-0.39, 0.29) is 36.2 Å². The number of carbonyl (C=O) groups is 4. The summed E-state index contributed by atoms with van der Waals surface area (Å²) in [6, 6.07) is 21.2. The van der Waals surface area contributed by atoms with Gasteiger partial charge < -0.3 is 39.9 Å². The second-order valence-corrected chi connectivity index (χ2v) is 15.4. The summed E-state index contributed by atoms with van der Waals surface area (Å²) in [6.45, 7) is 11.0. The summed E-state index contributed by atoms with van der Waals surface area (Å²) in [7, 11) is 2.57. The number of H-pyrrole nitrogens is 2. The van der Waals surface area contributed by atoms with Gasteiger partial charge in [-0.25, -0.2) is 19.6 Å². The van der Waals surface area contributed by atoms with Crippen LogP contribution in [0.3, 0.4) is 0 Å². The van der Waals surface area contributed by atoms with Gasteiger partial charge in [0.1, 0.15) is 23.7 Å². The first-order valence-electron chi connectivity index (χ1n) is 19.9. The van der Waals surface area contributed by atoms with E-state index < -0.39 is 24.3 Å². The SMILES string of the molecule is CCCN(Cc1ncc(-c2ccc(-c3ccc(-c4ccc5nc([C@@H]6CCCN6C(=O)[C@@H](NC(=O)OC)C(C)C)[nH]c5c4)cc3)cc2)[nH]1)C(=O)[C@@H](NC(=O)OC)C(C)C. The molecular formula is C44H54N8O6. The number of fused-ring (bicyclic) bond motifs is 1. The number of methoxy groups -OCH3 is 2. The predicted octanol–water partition coefficient (Wildman–Crippen LogP) is 7.45. The highest BCUT2D eigenvalue weighted by Crippen LogP contribution is 2.34. The molecule has 3 atom stereocenters. The molecule has 14 heteroatoms. The predicted molar refractivity (Wildman–Crippen MR) is 222 cm³/mol. The first-order chi connectivity index (χ1) is 27.9. The van der Waals surface area contributed by atoms with Crippen molar-refractivity contribution in [3.05, 3.63) is 84.6 Å². The Hall–Kier alpha value is -6.18. The van der Waals surface area contributed by atoms with E-state index in [1.54, 1.807) is 11.1 Å². The van der Waals surface area contributed by atoms with Crippen molar-refractivity contribution in [3.63, 3.8) is 0 Å². The molecule has 2 aromatic heterocycles. The maximum absolute atomic E-state index is 13.6. The zero-order valence-corrected chi connectivity index (χ0v) is 34.3. The number of alkyl carbamates (subject to hydrolysis) is 2. The Kier molecular flexibility index (Phi) is 13.1. The van der Waals surface area contributed by atoms with Crippen LogP contribution in [0.2, 0.25) is 0 Å². The van der Waals surface area contributed by atoms with E-state index in [4.69, 9.17) is 14.5 Å². The maximum Gasteiger partial charge on any atom is 0.407 e. The summed E-state index contributed by atoms with van der Waals surface area (Å²) in [5.74, 6) is 0.849. The standard InChI is InChI=1S/C44H54N8O6/c1-8-21-51(41(53)38(26(2)3)49-43(55)57-6)25-37-45-24-35(46-37)31-17-15-29(16-18-31)28-11-13-30(14-12-28)32-19-20-33-34(23-32)48-40(47-33)36-10-9-22-52(36)42(54)39(27(4)5)50-44(56)58-7/h11-20,23-24,26-27,36,38-39H,8-10,21-22,25H2,1-7H3,(H,45,46)(H,47,48)(H,49,55)(H,50,56)/t36-,38-,39-/m0/s1. The van der Waals surface area contributed by atoms with Gasteiger partial charge in [-0.3, -0.25) is 9.59 Å². The van der Waals surface area contributed by atoms with Gasteiger partial charge in [0.25, 0.3) is 0 Å². The molecule has 4 amide bonds. The van der Waals surface area contributed by atoms with E-state index in [0.717, 1.165) is 69.6 Å². The van der Waals surface area contributed by atoms with Crippen molar-refractivity contribution in [1.29, 1.82) is 0 Å². The van der Waals surface area contributed by atoms with Gasteiger partial charge in [0.2, 0.25) is 11.8 Å². The molecule has 306 valence electrons. The quantitative estimate of drug-likeness (QED) is 0.0898. The molecule has 6 rings (SSSR count). The highest BCUT2D eigenvalue weighted by Gasteiger charge is 2.37. The molecule has 1 aliphatic heterocycles. The summed E-state index contributed by atoms with van der Waals surface area (Å²) in [5.41, 5.74) is 7.77. The van der Waals surface area contributed by atoms with Crippen LogP contribution in [0.15, 0.2) is 72.9 Å². The van der Waals surface area contributed by atoms with Gasteiger partial charge >= 0.3 is 12.2 Å². The fourth-order valence-corrected chi connectivity index (χ4v) is 7.46. The van der Waals surface area contributed by atoms with E-state index in [1.165, 1.54) is 14.2 Å². The normalized spacial score (nSPS) is 15.1. The lowest BCUT2D eigenvalue weighted by atomic mass is 9.99. The van der Waals surface area contributed by atoms with Gasteiger partial charge in [0.15, 0.2) is 0 Å². The van der Waals surface area contributed by atoms with Crippen molar-refractivity contribution in [2.24, 2.45) is 11.8 Å². The number of aromatic amines is 2. The molecule has 4 N–H and O–H groups in total. The van der Waals surface area contributed by atoms with E-state index in [1.807, 2.05) is 57.7 Å². The van der Waals surface area contributed by atoms with Crippen LogP contribution < -0.4 is 10.6 Å². The molecule has 3 heterocycles. The van der Waals surface area contributed by atoms with E-state index in [0.29, 0.717) is 18.9 Å². The third kappa shape index (κ3) is 9.33. The zero-order chi connectivity index (χ0) is 41.5. The van der Waals surface area contributed by atoms with Crippen molar-refractivity contribution in [2.75, 3.05) is 27.3 Å². The number of likely N-dealkylation sites (tertiary alicyclic amines) is 1. The Morgan fingerprint density at radius 3 is 1.97 bits per heavy atom. The summed E-state index contributed by atoms with van der Waals surface area (Å²) in [5, 5.41) is 5.38. The summed E-state index contributed by atoms with van der Waals surface area (Å²) < 4.78 is 9.51. The van der Waals surface area contributed by atoms with Gasteiger partial charge in [0, 0.05) is 13.1 Å². The number of imidazole rings is 2. The molecule has 0 radical (unpaired) electrons. The summed E-state index contributed by atoms with van der Waals surface area (Å²) >= 11 is 0. The molecule has 0 spiro atoms. The molecule has 5 aromatic rings. The molecular weight excluding hydrogens is 737 g/mol. The number of rotatable bonds is 14. The average Bonchev–Trinajstić information content (AvgIpc) is 4.01. The third-order valence-corrected chi connectivity index (χ3v) is 10.7. The molecule has 0 aliphatic carbocycles. The molecule has 14 nitrogen and oxygen atoms in total. The third-order valence-electron chi connectivity index (χ3n) is 10.7. The van der Waals surface area contributed by atoms with Gasteiger partial charge in [-0.05, 0) is 71.0 Å². The summed E-state index contributed by atoms with van der Waals surface area (Å²) in [6.07, 6.45) is 2.90. The second kappa shape index (κ2) is 18.4. The lowest BCUT2D eigenvalue weighted by Gasteiger charge is -2.29. The number of hydrogen-bond donors (Lipinski definition) is 4. The zero-order valence-electron chi connectivity index (χ0n) is 34.3. The van der Waals surface area contributed by atoms with Crippen LogP contribution in [-0.4, -0.2) is 93.1 Å². The summed E-state index contributed by atoms with van der Waals surface area (Å²) in [4.78, 5) is 70.8. The first kappa shape index (κ1) is 41.5. The smallest absolute Gasteiger partial charge is 0.407 e. The Morgan fingerprint density at radius 1 is 0.810 bits per heavy atom. The van der Waals surface area contributed by atoms with Crippen LogP contribution in [-0.2, 0) is 25.6 Å². The molecule has 1 saturated heterocycles. The van der Waals surface area contributed by atoms with Crippen molar-refractivity contribution in [2.45, 2.75) is 78.6 Å². The number of ether oxygens (including phenoxy) is 2.